The van der Waals surface area contributed by atoms with Gasteiger partial charge in [-0.15, -0.1) is 0 Å². The highest BCUT2D eigenvalue weighted by atomic mass is 32.3. The lowest BCUT2D eigenvalue weighted by atomic mass is 10.7. The van der Waals surface area contributed by atoms with Gasteiger partial charge in [0.25, 0.3) is 5.91 Å². The van der Waals surface area contributed by atoms with Gasteiger partial charge in [-0.1, -0.05) is 0 Å². The molecule has 3 N–H and O–H groups in total. The first-order valence-corrected chi connectivity index (χ1v) is 3.85. The largest absolute Gasteiger partial charge is 0.439 e. The molecule has 0 unspecified atom stereocenters. The maximum Gasteiger partial charge on any atom is 0.414 e. The topological polar surface area (TPSA) is 130 Å². The number of carbonyl (C=O) groups excluding carboxylic acids is 2. The maximum atomic E-state index is 10.00. The second-order valence-corrected chi connectivity index (χ2v) is 2.47. The van der Waals surface area contributed by atoms with Gasteiger partial charge in [0.2, 0.25) is 0 Å². The Balaban J connectivity index is 0.000000217. The predicted molar refractivity (Wildman–Crippen MR) is 33.7 cm³/mol. The Morgan fingerprint density at radius 1 is 1.33 bits per heavy atom. The summed E-state index contributed by atoms with van der Waals surface area (Å²) in [7, 11) is -4.67. The number of hydrogen-bond acceptors (Lipinski definition) is 5. The van der Waals surface area contributed by atoms with Gasteiger partial charge in [0, 0.05) is 0 Å². The Hall–Kier alpha value is -1.19. The van der Waals surface area contributed by atoms with Crippen molar-refractivity contribution in [1.29, 1.82) is 0 Å². The highest BCUT2D eigenvalue weighted by Gasteiger charge is 2.17. The van der Waals surface area contributed by atoms with E-state index in [9.17, 15) is 9.59 Å². The van der Waals surface area contributed by atoms with Crippen molar-refractivity contribution in [1.82, 2.24) is 5.32 Å². The molecule has 1 aliphatic rings. The number of hydrogen-bond donors (Lipinski definition) is 3. The zero-order valence-corrected chi connectivity index (χ0v) is 6.37. The van der Waals surface area contributed by atoms with Crippen LogP contribution in [0.4, 0.5) is 4.79 Å². The van der Waals surface area contributed by atoms with E-state index in [-0.39, 0.29) is 12.5 Å². The fraction of sp³-hybridized carbons (Fsp3) is 0.333. The molecule has 12 heavy (non-hydrogen) atoms. The number of imide groups is 1. The molecule has 0 aromatic carbocycles. The summed E-state index contributed by atoms with van der Waals surface area (Å²) in [6, 6.07) is 0. The van der Waals surface area contributed by atoms with E-state index < -0.39 is 16.5 Å². The summed E-state index contributed by atoms with van der Waals surface area (Å²) in [6.07, 6.45) is -0.648. The van der Waals surface area contributed by atoms with Gasteiger partial charge in [-0.05, 0) is 0 Å². The first-order valence-electron chi connectivity index (χ1n) is 2.45. The van der Waals surface area contributed by atoms with Crippen LogP contribution in [0, 0.1) is 0 Å². The summed E-state index contributed by atoms with van der Waals surface area (Å²) in [6.45, 7) is -0.126. The van der Waals surface area contributed by atoms with E-state index in [0.29, 0.717) is 0 Å². The molecule has 1 fully saturated rings. The molecule has 0 atom stereocenters. The average molecular weight is 199 g/mol. The monoisotopic (exact) mass is 199 g/mol. The number of carbonyl (C=O) groups is 2. The van der Waals surface area contributed by atoms with E-state index in [1.807, 2.05) is 5.32 Å². The van der Waals surface area contributed by atoms with Gasteiger partial charge in [-0.2, -0.15) is 8.42 Å². The average Bonchev–Trinajstić information content (AvgIpc) is 2.09. The first kappa shape index (κ1) is 10.8. The van der Waals surface area contributed by atoms with Crippen molar-refractivity contribution in [2.45, 2.75) is 0 Å². The lowest BCUT2D eigenvalue weighted by Gasteiger charge is -1.78. The third-order valence-corrected chi connectivity index (χ3v) is 0.576. The lowest BCUT2D eigenvalue weighted by molar-refractivity contribution is -0.119. The summed E-state index contributed by atoms with van der Waals surface area (Å²) in [4.78, 5) is 19.9. The molecule has 0 aromatic heterocycles. The van der Waals surface area contributed by atoms with E-state index in [1.54, 1.807) is 0 Å². The lowest BCUT2D eigenvalue weighted by Crippen LogP contribution is -2.18. The normalized spacial score (nSPS) is 15.8. The molecular weight excluding hydrogens is 194 g/mol. The molecule has 1 saturated heterocycles. The standard InChI is InChI=1S/C3H3NO3.H2O4S/c5-2-1-7-3(6)4-2;1-5(2,3)4/h1H2,(H,4,5,6);(H2,1,2,3,4). The van der Waals surface area contributed by atoms with Crippen molar-refractivity contribution in [2.24, 2.45) is 0 Å². The molecule has 0 radical (unpaired) electrons. The van der Waals surface area contributed by atoms with Gasteiger partial charge in [0.15, 0.2) is 6.61 Å². The Morgan fingerprint density at radius 3 is 1.83 bits per heavy atom. The second-order valence-electron chi connectivity index (χ2n) is 1.57. The fourth-order valence-electron chi connectivity index (χ4n) is 0.317. The zero-order valence-electron chi connectivity index (χ0n) is 5.55. The Bertz CT molecular complexity index is 257. The van der Waals surface area contributed by atoms with Gasteiger partial charge in [0.05, 0.1) is 0 Å². The molecule has 0 aliphatic carbocycles. The number of cyclic esters (lactones) is 1. The first-order chi connectivity index (χ1) is 5.29. The van der Waals surface area contributed by atoms with Crippen LogP contribution in [-0.2, 0) is 19.9 Å². The van der Waals surface area contributed by atoms with Crippen LogP contribution >= 0.6 is 0 Å². The van der Waals surface area contributed by atoms with E-state index in [4.69, 9.17) is 17.5 Å². The fourth-order valence-corrected chi connectivity index (χ4v) is 0.317. The quantitative estimate of drug-likeness (QED) is 0.409. The van der Waals surface area contributed by atoms with Gasteiger partial charge in [-0.3, -0.25) is 19.2 Å². The van der Waals surface area contributed by atoms with Crippen molar-refractivity contribution < 1.29 is 31.8 Å². The van der Waals surface area contributed by atoms with Crippen LogP contribution < -0.4 is 5.32 Å². The summed E-state index contributed by atoms with van der Waals surface area (Å²) in [5.41, 5.74) is 0. The molecule has 1 aliphatic heterocycles. The van der Waals surface area contributed by atoms with E-state index in [2.05, 4.69) is 4.74 Å². The molecule has 0 aromatic rings. The Kier molecular flexibility index (Phi) is 3.60. The van der Waals surface area contributed by atoms with Gasteiger partial charge >= 0.3 is 16.5 Å². The Labute approximate surface area is 67.1 Å². The van der Waals surface area contributed by atoms with Crippen LogP contribution in [0.3, 0.4) is 0 Å². The van der Waals surface area contributed by atoms with Crippen LogP contribution in [0.1, 0.15) is 0 Å². The molecule has 0 saturated carbocycles. The number of nitrogens with one attached hydrogen (secondary N) is 1. The third-order valence-electron chi connectivity index (χ3n) is 0.576. The number of rotatable bonds is 0. The predicted octanol–water partition coefficient (Wildman–Crippen LogP) is -1.40. The minimum Gasteiger partial charge on any atom is -0.439 e. The second kappa shape index (κ2) is 3.99. The van der Waals surface area contributed by atoms with Gasteiger partial charge < -0.3 is 4.74 Å². The molecular formula is C3H5NO7S. The number of ether oxygens (including phenoxy) is 1. The summed E-state index contributed by atoms with van der Waals surface area (Å²) in [5.74, 6) is -0.370. The van der Waals surface area contributed by atoms with E-state index in [0.717, 1.165) is 0 Å². The zero-order chi connectivity index (χ0) is 9.78. The molecule has 70 valence electrons. The molecule has 0 spiro atoms. The Morgan fingerprint density at radius 2 is 1.75 bits per heavy atom. The van der Waals surface area contributed by atoms with Gasteiger partial charge in [0.1, 0.15) is 0 Å². The highest BCUT2D eigenvalue weighted by molar-refractivity contribution is 7.79. The summed E-state index contributed by atoms with van der Waals surface area (Å²) < 4.78 is 35.7. The maximum absolute atomic E-state index is 10.00. The smallest absolute Gasteiger partial charge is 0.414 e. The van der Waals surface area contributed by atoms with Crippen LogP contribution in [0.2, 0.25) is 0 Å². The minimum absolute atomic E-state index is 0.126. The van der Waals surface area contributed by atoms with Crippen LogP contribution in [0.5, 0.6) is 0 Å². The van der Waals surface area contributed by atoms with Crippen LogP contribution in [0.15, 0.2) is 0 Å². The minimum atomic E-state index is -4.67. The van der Waals surface area contributed by atoms with E-state index in [1.165, 1.54) is 0 Å². The summed E-state index contributed by atoms with van der Waals surface area (Å²) >= 11 is 0. The summed E-state index contributed by atoms with van der Waals surface area (Å²) in [5, 5.41) is 1.92. The molecule has 0 bridgehead atoms. The third kappa shape index (κ3) is 8.81. The van der Waals surface area contributed by atoms with Crippen molar-refractivity contribution in [2.75, 3.05) is 6.61 Å². The number of amides is 2. The van der Waals surface area contributed by atoms with Crippen molar-refractivity contribution in [3.8, 4) is 0 Å². The van der Waals surface area contributed by atoms with Gasteiger partial charge in [-0.25, -0.2) is 4.79 Å². The van der Waals surface area contributed by atoms with Crippen molar-refractivity contribution in [3.05, 3.63) is 0 Å². The SMILES string of the molecule is O=C1COC(=O)N1.O=S(=O)(O)O. The van der Waals surface area contributed by atoms with E-state index >= 15 is 0 Å². The molecule has 9 heteroatoms. The molecule has 2 amide bonds. The van der Waals surface area contributed by atoms with Crippen molar-refractivity contribution >= 4 is 22.4 Å². The van der Waals surface area contributed by atoms with Crippen LogP contribution in [0.25, 0.3) is 0 Å². The van der Waals surface area contributed by atoms with Crippen molar-refractivity contribution in [3.63, 3.8) is 0 Å². The highest BCUT2D eigenvalue weighted by Crippen LogP contribution is 1.85. The molecule has 1 heterocycles. The molecule has 1 rings (SSSR count). The molecule has 8 nitrogen and oxygen atoms in total. The van der Waals surface area contributed by atoms with Crippen LogP contribution in [-0.4, -0.2) is 36.1 Å². The number of alkyl carbamates (subject to hydrolysis) is 1.